The quantitative estimate of drug-likeness (QED) is 0.153. The highest BCUT2D eigenvalue weighted by Crippen LogP contribution is 2.64. The highest BCUT2D eigenvalue weighted by atomic mass is 16.3. The first-order valence-electron chi connectivity index (χ1n) is 22.2. The van der Waals surface area contributed by atoms with Crippen LogP contribution in [0.3, 0.4) is 0 Å². The summed E-state index contributed by atoms with van der Waals surface area (Å²) < 4.78 is 14.4. The lowest BCUT2D eigenvalue weighted by molar-refractivity contribution is 0.668. The van der Waals surface area contributed by atoms with Gasteiger partial charge in [0.25, 0.3) is 0 Å². The Hall–Kier alpha value is -8.60. The third kappa shape index (κ3) is 5.51. The maximum Gasteiger partial charge on any atom is 0.160 e. The Balaban J connectivity index is 1.28. The molecular formula is C61H40N2O2. The summed E-state index contributed by atoms with van der Waals surface area (Å²) in [5.74, 6) is 0. The molecule has 10 aromatic carbocycles. The molecule has 306 valence electrons. The fourth-order valence-corrected chi connectivity index (χ4v) is 10.7. The van der Waals surface area contributed by atoms with Crippen LogP contribution in [0.2, 0.25) is 0 Å². The number of anilines is 6. The van der Waals surface area contributed by atoms with Gasteiger partial charge in [-0.25, -0.2) is 0 Å². The Labute approximate surface area is 376 Å². The van der Waals surface area contributed by atoms with E-state index in [4.69, 9.17) is 8.83 Å². The average Bonchev–Trinajstić information content (AvgIpc) is 4.05. The van der Waals surface area contributed by atoms with Crippen molar-refractivity contribution >= 4 is 78.0 Å². The lowest BCUT2D eigenvalue weighted by Crippen LogP contribution is -2.29. The van der Waals surface area contributed by atoms with E-state index in [1.165, 1.54) is 22.3 Å². The minimum atomic E-state index is -0.812. The zero-order chi connectivity index (χ0) is 42.9. The summed E-state index contributed by atoms with van der Waals surface area (Å²) in [6.07, 6.45) is 0. The molecule has 0 unspecified atom stereocenters. The second-order valence-electron chi connectivity index (χ2n) is 16.7. The number of rotatable bonds is 8. The summed E-state index contributed by atoms with van der Waals surface area (Å²) in [6, 6.07) is 86.7. The van der Waals surface area contributed by atoms with Crippen LogP contribution in [0.15, 0.2) is 251 Å². The van der Waals surface area contributed by atoms with Crippen LogP contribution in [0, 0.1) is 0 Å². The van der Waals surface area contributed by atoms with Gasteiger partial charge in [0.1, 0.15) is 11.2 Å². The van der Waals surface area contributed by atoms with Crippen LogP contribution in [0.1, 0.15) is 22.3 Å². The largest absolute Gasteiger partial charge is 0.454 e. The van der Waals surface area contributed by atoms with Gasteiger partial charge in [0.2, 0.25) is 0 Å². The molecule has 4 heteroatoms. The van der Waals surface area contributed by atoms with E-state index in [-0.39, 0.29) is 0 Å². The number of hydrogen-bond acceptors (Lipinski definition) is 4. The maximum atomic E-state index is 7.21. The molecular weight excluding hydrogens is 793 g/mol. The molecule has 65 heavy (non-hydrogen) atoms. The van der Waals surface area contributed by atoms with Crippen molar-refractivity contribution in [2.24, 2.45) is 0 Å². The molecule has 0 radical (unpaired) electrons. The monoisotopic (exact) mass is 832 g/mol. The standard InChI is InChI=1S/C61H40N2O2/c1-7-23-41(24-8-1)61(42-25-9-2-10-26-42)49-39-51(62(43-27-11-3-12-28-43)44-29-13-4-14-30-44)59-55(47-35-19-21-37-53(47)64-59)57(49)58-50(61)40-52(60-56(58)48-36-20-22-38-54(48)65-60)63(45-31-15-5-16-32-45)46-33-17-6-18-34-46/h1-40H. The molecule has 0 amide bonds. The van der Waals surface area contributed by atoms with E-state index in [1.54, 1.807) is 0 Å². The molecule has 0 saturated carbocycles. The third-order valence-corrected chi connectivity index (χ3v) is 13.3. The van der Waals surface area contributed by atoms with E-state index in [2.05, 4.69) is 252 Å². The number of nitrogens with zero attached hydrogens (tertiary/aromatic N) is 2. The molecule has 0 aliphatic heterocycles. The van der Waals surface area contributed by atoms with Gasteiger partial charge in [0, 0.05) is 44.3 Å². The normalized spacial score (nSPS) is 12.7. The second-order valence-corrected chi connectivity index (χ2v) is 16.7. The van der Waals surface area contributed by atoms with Gasteiger partial charge in [-0.2, -0.15) is 0 Å². The molecule has 0 spiro atoms. The summed E-state index contributed by atoms with van der Waals surface area (Å²) in [6.45, 7) is 0. The van der Waals surface area contributed by atoms with Crippen LogP contribution < -0.4 is 9.80 Å². The fraction of sp³-hybridized carbons (Fsp3) is 0.0164. The number of fused-ring (bicyclic) bond motifs is 11. The minimum absolute atomic E-state index is 0.812. The molecule has 2 aromatic heterocycles. The molecule has 0 bridgehead atoms. The van der Waals surface area contributed by atoms with Crippen LogP contribution in [0.25, 0.3) is 55.0 Å². The molecule has 0 saturated heterocycles. The molecule has 1 aliphatic rings. The Kier molecular flexibility index (Phi) is 8.40. The zero-order valence-corrected chi connectivity index (χ0v) is 35.3. The number of hydrogen-bond donors (Lipinski definition) is 0. The van der Waals surface area contributed by atoms with E-state index < -0.39 is 5.41 Å². The molecule has 12 aromatic rings. The molecule has 4 nitrogen and oxygen atoms in total. The van der Waals surface area contributed by atoms with E-state index in [1.807, 2.05) is 0 Å². The Morgan fingerprint density at radius 2 is 0.600 bits per heavy atom. The third-order valence-electron chi connectivity index (χ3n) is 13.3. The second kappa shape index (κ2) is 14.8. The van der Waals surface area contributed by atoms with E-state index >= 15 is 0 Å². The SMILES string of the molecule is c1ccc(N(c2ccccc2)c2cc3c(c4c2oc2ccccc24)-c2c(cc(N(c4ccccc4)c4ccccc4)c4oc5ccccc5c24)C3(c2ccccc2)c2ccccc2)cc1. The van der Waals surface area contributed by atoms with Crippen molar-refractivity contribution in [2.75, 3.05) is 9.80 Å². The fourth-order valence-electron chi connectivity index (χ4n) is 10.7. The summed E-state index contributed by atoms with van der Waals surface area (Å²) in [4.78, 5) is 4.71. The zero-order valence-electron chi connectivity index (χ0n) is 35.3. The van der Waals surface area contributed by atoms with Gasteiger partial charge in [0.15, 0.2) is 11.2 Å². The van der Waals surface area contributed by atoms with Crippen molar-refractivity contribution < 1.29 is 8.83 Å². The van der Waals surface area contributed by atoms with Gasteiger partial charge in [-0.3, -0.25) is 0 Å². The van der Waals surface area contributed by atoms with Crippen LogP contribution >= 0.6 is 0 Å². The number of furan rings is 2. The first-order chi connectivity index (χ1) is 32.3. The maximum absolute atomic E-state index is 7.21. The first kappa shape index (κ1) is 37.0. The predicted octanol–water partition coefficient (Wildman–Crippen LogP) is 16.8. The van der Waals surface area contributed by atoms with Crippen molar-refractivity contribution in [3.05, 3.63) is 265 Å². The highest BCUT2D eigenvalue weighted by molar-refractivity contribution is 6.27. The molecule has 0 N–H and O–H groups in total. The Bertz CT molecular complexity index is 3370. The summed E-state index contributed by atoms with van der Waals surface area (Å²) in [5, 5.41) is 4.26. The van der Waals surface area contributed by atoms with Gasteiger partial charge in [0.05, 0.1) is 16.8 Å². The summed E-state index contributed by atoms with van der Waals surface area (Å²) in [5.41, 5.74) is 15.5. The average molecular weight is 833 g/mol. The molecule has 13 rings (SSSR count). The highest BCUT2D eigenvalue weighted by Gasteiger charge is 2.50. The van der Waals surface area contributed by atoms with Crippen LogP contribution in [0.4, 0.5) is 34.1 Å². The van der Waals surface area contributed by atoms with Crippen LogP contribution in [-0.2, 0) is 5.41 Å². The molecule has 0 fully saturated rings. The van der Waals surface area contributed by atoms with Gasteiger partial charge < -0.3 is 18.6 Å². The summed E-state index contributed by atoms with van der Waals surface area (Å²) >= 11 is 0. The van der Waals surface area contributed by atoms with E-state index in [9.17, 15) is 0 Å². The van der Waals surface area contributed by atoms with Crippen molar-refractivity contribution in [3.8, 4) is 11.1 Å². The lowest BCUT2D eigenvalue weighted by atomic mass is 9.67. The number of benzene rings is 10. The minimum Gasteiger partial charge on any atom is -0.454 e. The molecule has 1 aliphatic carbocycles. The van der Waals surface area contributed by atoms with Crippen LogP contribution in [0.5, 0.6) is 0 Å². The van der Waals surface area contributed by atoms with E-state index in [0.717, 1.165) is 89.1 Å². The predicted molar refractivity (Wildman–Crippen MR) is 268 cm³/mol. The van der Waals surface area contributed by atoms with E-state index in [0.29, 0.717) is 0 Å². The molecule has 2 heterocycles. The van der Waals surface area contributed by atoms with Gasteiger partial charge in [-0.1, -0.05) is 170 Å². The smallest absolute Gasteiger partial charge is 0.160 e. The first-order valence-corrected chi connectivity index (χ1v) is 22.2. The molecule has 0 atom stereocenters. The van der Waals surface area contributed by atoms with Crippen molar-refractivity contribution in [1.29, 1.82) is 0 Å². The van der Waals surface area contributed by atoms with Crippen molar-refractivity contribution in [3.63, 3.8) is 0 Å². The Morgan fingerprint density at radius 1 is 0.308 bits per heavy atom. The Morgan fingerprint density at radius 3 is 0.938 bits per heavy atom. The van der Waals surface area contributed by atoms with Gasteiger partial charge in [-0.15, -0.1) is 0 Å². The number of para-hydroxylation sites is 6. The van der Waals surface area contributed by atoms with Gasteiger partial charge >= 0.3 is 0 Å². The van der Waals surface area contributed by atoms with Crippen LogP contribution in [-0.4, -0.2) is 0 Å². The van der Waals surface area contributed by atoms with Gasteiger partial charge in [-0.05, 0) is 106 Å². The lowest BCUT2D eigenvalue weighted by Gasteiger charge is -2.35. The summed E-state index contributed by atoms with van der Waals surface area (Å²) in [7, 11) is 0. The van der Waals surface area contributed by atoms with Crippen molar-refractivity contribution in [1.82, 2.24) is 0 Å². The van der Waals surface area contributed by atoms with Crippen molar-refractivity contribution in [2.45, 2.75) is 5.41 Å². The topological polar surface area (TPSA) is 32.8 Å².